The Labute approximate surface area is 592 Å². The van der Waals surface area contributed by atoms with Gasteiger partial charge in [0.05, 0.1) is 26.4 Å². The third-order valence-corrected chi connectivity index (χ3v) is 19.6. The van der Waals surface area contributed by atoms with Crippen LogP contribution < -0.4 is 0 Å². The molecule has 0 spiro atoms. The second-order valence-corrected chi connectivity index (χ2v) is 30.3. The molecular formula is C78H148O17P2. The maximum Gasteiger partial charge on any atom is 0.472 e. The van der Waals surface area contributed by atoms with Gasteiger partial charge in [0, 0.05) is 25.7 Å². The third-order valence-electron chi connectivity index (χ3n) is 17.7. The van der Waals surface area contributed by atoms with E-state index in [1.807, 2.05) is 0 Å². The Kier molecular flexibility index (Phi) is 70.1. The van der Waals surface area contributed by atoms with Crippen LogP contribution in [-0.4, -0.2) is 96.7 Å². The molecule has 0 fully saturated rings. The van der Waals surface area contributed by atoms with Crippen LogP contribution in [0.2, 0.25) is 0 Å². The average Bonchev–Trinajstić information content (AvgIpc) is 1.33. The van der Waals surface area contributed by atoms with Crippen molar-refractivity contribution >= 4 is 39.5 Å². The van der Waals surface area contributed by atoms with Crippen molar-refractivity contribution in [1.29, 1.82) is 0 Å². The van der Waals surface area contributed by atoms with Crippen LogP contribution in [0.15, 0.2) is 24.3 Å². The molecule has 97 heavy (non-hydrogen) atoms. The zero-order valence-corrected chi connectivity index (χ0v) is 64.3. The van der Waals surface area contributed by atoms with E-state index >= 15 is 0 Å². The van der Waals surface area contributed by atoms with Gasteiger partial charge in [-0.05, 0) is 51.4 Å². The molecule has 3 N–H and O–H groups in total. The summed E-state index contributed by atoms with van der Waals surface area (Å²) in [4.78, 5) is 72.6. The quantitative estimate of drug-likeness (QED) is 0.0169. The Morgan fingerprint density at radius 2 is 0.495 bits per heavy atom. The van der Waals surface area contributed by atoms with Gasteiger partial charge in [0.25, 0.3) is 0 Å². The molecule has 0 aromatic carbocycles. The van der Waals surface area contributed by atoms with E-state index in [4.69, 9.17) is 37.0 Å². The molecule has 0 saturated heterocycles. The van der Waals surface area contributed by atoms with Gasteiger partial charge in [-0.1, -0.05) is 341 Å². The number of hydrogen-bond acceptors (Lipinski definition) is 15. The molecule has 0 heterocycles. The average molecular weight is 1420 g/mol. The fraction of sp³-hybridized carbons (Fsp3) is 0.897. The molecule has 0 radical (unpaired) electrons. The molecule has 0 amide bonds. The minimum absolute atomic E-state index is 0.0846. The smallest absolute Gasteiger partial charge is 0.462 e. The summed E-state index contributed by atoms with van der Waals surface area (Å²) in [6.07, 6.45) is 66.5. The van der Waals surface area contributed by atoms with Crippen molar-refractivity contribution in [2.24, 2.45) is 0 Å². The molecule has 0 aliphatic heterocycles. The van der Waals surface area contributed by atoms with Crippen LogP contribution in [0.1, 0.15) is 394 Å². The first-order chi connectivity index (χ1) is 47.2. The van der Waals surface area contributed by atoms with Gasteiger partial charge in [-0.3, -0.25) is 37.3 Å². The lowest BCUT2D eigenvalue weighted by molar-refractivity contribution is -0.161. The van der Waals surface area contributed by atoms with E-state index in [0.29, 0.717) is 25.7 Å². The Morgan fingerprint density at radius 1 is 0.289 bits per heavy atom. The largest absolute Gasteiger partial charge is 0.472 e. The van der Waals surface area contributed by atoms with Gasteiger partial charge in [-0.15, -0.1) is 0 Å². The van der Waals surface area contributed by atoms with E-state index in [-0.39, 0.29) is 25.7 Å². The standard InChI is InChI=1S/C78H148O17P2/c1-5-9-13-17-20-23-26-29-32-34-35-36-37-38-41-44-47-50-53-57-61-65-78(83)95-74(69-89-76(81)63-59-55-51-48-45-42-40-33-30-27-24-21-18-14-10-6-2)71-93-97(86,87)91-67-72(79)66-90-96(84,85)92-70-73(68-88-75(80)62-58-54-16-12-8-4)94-77(82)64-60-56-52-49-46-43-39-31-28-25-22-19-15-11-7-3/h25,28,31,39,72-74,79H,5-24,26-27,29-30,32-38,40-71H2,1-4H3,(H,84,85)(H,86,87)/b28-25-,39-31-/t72-,73+,74+/m0/s1. The molecule has 17 nitrogen and oxygen atoms in total. The van der Waals surface area contributed by atoms with Gasteiger partial charge in [0.2, 0.25) is 0 Å². The molecule has 0 aliphatic carbocycles. The number of allylic oxidation sites excluding steroid dienone is 4. The summed E-state index contributed by atoms with van der Waals surface area (Å²) < 4.78 is 68.3. The monoisotopic (exact) mass is 1420 g/mol. The highest BCUT2D eigenvalue weighted by molar-refractivity contribution is 7.47. The van der Waals surface area contributed by atoms with Gasteiger partial charge in [-0.2, -0.15) is 0 Å². The van der Waals surface area contributed by atoms with Crippen LogP contribution in [0.25, 0.3) is 0 Å². The molecule has 19 heteroatoms. The van der Waals surface area contributed by atoms with Crippen LogP contribution in [-0.2, 0) is 65.4 Å². The summed E-state index contributed by atoms with van der Waals surface area (Å²) in [6.45, 7) is 4.84. The highest BCUT2D eigenvalue weighted by Gasteiger charge is 2.30. The number of phosphoric acid groups is 2. The normalized spacial score (nSPS) is 14.0. The van der Waals surface area contributed by atoms with Crippen molar-refractivity contribution in [1.82, 2.24) is 0 Å². The number of carbonyl (C=O) groups excluding carboxylic acids is 4. The van der Waals surface area contributed by atoms with Crippen molar-refractivity contribution in [3.63, 3.8) is 0 Å². The summed E-state index contributed by atoms with van der Waals surface area (Å²) in [7, 11) is -9.91. The third kappa shape index (κ3) is 71.7. The second kappa shape index (κ2) is 71.9. The zero-order valence-electron chi connectivity index (χ0n) is 62.5. The Morgan fingerprint density at radius 3 is 0.753 bits per heavy atom. The number of unbranched alkanes of at least 4 members (excludes halogenated alkanes) is 48. The van der Waals surface area contributed by atoms with E-state index in [1.54, 1.807) is 0 Å². The lowest BCUT2D eigenvalue weighted by Gasteiger charge is -2.21. The minimum atomic E-state index is -4.96. The van der Waals surface area contributed by atoms with Gasteiger partial charge in [-0.25, -0.2) is 9.13 Å². The molecule has 0 rings (SSSR count). The number of esters is 4. The van der Waals surface area contributed by atoms with Crippen molar-refractivity contribution in [2.75, 3.05) is 39.6 Å². The molecule has 0 aliphatic rings. The maximum absolute atomic E-state index is 13.1. The second-order valence-electron chi connectivity index (χ2n) is 27.4. The van der Waals surface area contributed by atoms with Crippen LogP contribution in [0, 0.1) is 0 Å². The first-order valence-electron chi connectivity index (χ1n) is 40.1. The lowest BCUT2D eigenvalue weighted by Crippen LogP contribution is -2.30. The van der Waals surface area contributed by atoms with E-state index in [1.165, 1.54) is 205 Å². The molecule has 2 unspecified atom stereocenters. The van der Waals surface area contributed by atoms with Gasteiger partial charge in [0.15, 0.2) is 12.2 Å². The van der Waals surface area contributed by atoms with Crippen LogP contribution in [0.4, 0.5) is 0 Å². The number of aliphatic hydroxyl groups excluding tert-OH is 1. The molecule has 5 atom stereocenters. The molecular weight excluding hydrogens is 1270 g/mol. The van der Waals surface area contributed by atoms with E-state index in [9.17, 15) is 43.2 Å². The summed E-state index contributed by atoms with van der Waals surface area (Å²) in [6, 6.07) is 0. The van der Waals surface area contributed by atoms with Gasteiger partial charge >= 0.3 is 39.5 Å². The highest BCUT2D eigenvalue weighted by atomic mass is 31.2. The first kappa shape index (κ1) is 94.5. The molecule has 0 saturated carbocycles. The first-order valence-corrected chi connectivity index (χ1v) is 43.1. The Bertz CT molecular complexity index is 1940. The predicted octanol–water partition coefficient (Wildman–Crippen LogP) is 23.0. The molecule has 572 valence electrons. The van der Waals surface area contributed by atoms with Gasteiger partial charge in [0.1, 0.15) is 19.3 Å². The topological polar surface area (TPSA) is 237 Å². The number of rotatable bonds is 77. The fourth-order valence-electron chi connectivity index (χ4n) is 11.6. The van der Waals surface area contributed by atoms with Crippen molar-refractivity contribution < 1.29 is 80.2 Å². The van der Waals surface area contributed by atoms with E-state index in [2.05, 4.69) is 52.0 Å². The number of phosphoric ester groups is 2. The van der Waals surface area contributed by atoms with Gasteiger partial charge < -0.3 is 33.8 Å². The summed E-state index contributed by atoms with van der Waals surface area (Å²) in [5.41, 5.74) is 0. The summed E-state index contributed by atoms with van der Waals surface area (Å²) in [5.74, 6) is -2.15. The number of hydrogen-bond donors (Lipinski definition) is 3. The SMILES string of the molecule is CCCCCC/C=C\C=C/CCCCCCCC(=O)O[C@H](COC(=O)CCCCCCC)COP(=O)(O)OC[C@H](O)COP(=O)(O)OC[C@@H](COC(=O)CCCCCCCCCCCCCCCCCC)OC(=O)CCCCCCCCCCCCCCCCCCCCCCC. The van der Waals surface area contributed by atoms with Crippen LogP contribution in [0.3, 0.4) is 0 Å². The Balaban J connectivity index is 5.15. The van der Waals surface area contributed by atoms with Crippen LogP contribution in [0.5, 0.6) is 0 Å². The zero-order chi connectivity index (χ0) is 71.1. The lowest BCUT2D eigenvalue weighted by atomic mass is 10.0. The summed E-state index contributed by atoms with van der Waals surface area (Å²) >= 11 is 0. The minimum Gasteiger partial charge on any atom is -0.462 e. The Hall–Kier alpha value is -2.46. The van der Waals surface area contributed by atoms with E-state index in [0.717, 1.165) is 109 Å². The maximum atomic E-state index is 13.1. The summed E-state index contributed by atoms with van der Waals surface area (Å²) in [5, 5.41) is 10.6. The van der Waals surface area contributed by atoms with E-state index < -0.39 is 97.5 Å². The highest BCUT2D eigenvalue weighted by Crippen LogP contribution is 2.45. The number of carbonyl (C=O) groups is 4. The molecule has 0 aromatic heterocycles. The molecule has 0 bridgehead atoms. The number of aliphatic hydroxyl groups is 1. The molecule has 0 aromatic rings. The number of ether oxygens (including phenoxy) is 4. The van der Waals surface area contributed by atoms with Crippen molar-refractivity contribution in [3.05, 3.63) is 24.3 Å². The van der Waals surface area contributed by atoms with Crippen LogP contribution >= 0.6 is 15.6 Å². The van der Waals surface area contributed by atoms with Crippen molar-refractivity contribution in [2.45, 2.75) is 412 Å². The predicted molar refractivity (Wildman–Crippen MR) is 395 cm³/mol. The fourth-order valence-corrected chi connectivity index (χ4v) is 13.1. The van der Waals surface area contributed by atoms with Crippen molar-refractivity contribution in [3.8, 4) is 0 Å².